The molecule has 0 aliphatic heterocycles. The molecular weight excluding hydrogens is 393 g/mol. The van der Waals surface area contributed by atoms with Gasteiger partial charge in [0.25, 0.3) is 0 Å². The van der Waals surface area contributed by atoms with Crippen molar-refractivity contribution in [3.05, 3.63) is 57.8 Å². The van der Waals surface area contributed by atoms with E-state index in [-0.39, 0.29) is 24.0 Å². The normalized spacial score (nSPS) is 10.9. The largest absolute Gasteiger partial charge is 0.352 e. The lowest BCUT2D eigenvalue weighted by molar-refractivity contribution is 0.476. The van der Waals surface area contributed by atoms with E-state index in [4.69, 9.17) is 0 Å². The lowest BCUT2D eigenvalue weighted by Gasteiger charge is -2.22. The Bertz CT molecular complexity index is 549. The Kier molecular flexibility index (Phi) is 7.74. The first-order chi connectivity index (χ1) is 9.69. The number of benzene rings is 1. The van der Waals surface area contributed by atoms with Gasteiger partial charge in [-0.15, -0.1) is 24.0 Å². The number of aliphatic imine (C=N–C) groups is 1. The molecule has 0 aliphatic rings. The standard InChI is InChI=1S/C16H21N3S.HI/c1-13-4-6-14(7-5-13)11-19(3)16(17-2)18-10-15-8-9-20-12-15;/h4-9,12H,10-11H2,1-3H3,(H,17,18);1H. The summed E-state index contributed by atoms with van der Waals surface area (Å²) in [6.45, 7) is 3.77. The van der Waals surface area contributed by atoms with Gasteiger partial charge in [0.2, 0.25) is 0 Å². The maximum atomic E-state index is 4.34. The van der Waals surface area contributed by atoms with Crippen LogP contribution < -0.4 is 5.32 Å². The highest BCUT2D eigenvalue weighted by molar-refractivity contribution is 14.0. The quantitative estimate of drug-likeness (QED) is 0.466. The highest BCUT2D eigenvalue weighted by Gasteiger charge is 2.06. The van der Waals surface area contributed by atoms with Gasteiger partial charge in [0, 0.05) is 27.2 Å². The first kappa shape index (κ1) is 18.0. The van der Waals surface area contributed by atoms with Crippen LogP contribution in [0.1, 0.15) is 16.7 Å². The fourth-order valence-electron chi connectivity index (χ4n) is 2.00. The molecule has 3 nitrogen and oxygen atoms in total. The third-order valence-corrected chi connectivity index (χ3v) is 3.88. The van der Waals surface area contributed by atoms with Crippen molar-refractivity contribution in [2.75, 3.05) is 14.1 Å². The average Bonchev–Trinajstić information content (AvgIpc) is 2.95. The predicted octanol–water partition coefficient (Wildman–Crippen LogP) is 3.88. The third-order valence-electron chi connectivity index (χ3n) is 3.14. The molecule has 0 spiro atoms. The minimum absolute atomic E-state index is 0. The summed E-state index contributed by atoms with van der Waals surface area (Å²) in [6, 6.07) is 10.7. The van der Waals surface area contributed by atoms with Crippen LogP contribution >= 0.6 is 35.3 Å². The van der Waals surface area contributed by atoms with E-state index < -0.39 is 0 Å². The Balaban J connectivity index is 0.00000220. The summed E-state index contributed by atoms with van der Waals surface area (Å²) in [5.41, 5.74) is 3.87. The first-order valence-electron chi connectivity index (χ1n) is 6.67. The number of nitrogens with zero attached hydrogens (tertiary/aromatic N) is 2. The van der Waals surface area contributed by atoms with Crippen LogP contribution in [-0.2, 0) is 13.1 Å². The molecular formula is C16H22IN3S. The number of aryl methyl sites for hydroxylation is 1. The van der Waals surface area contributed by atoms with Crippen LogP contribution in [0.3, 0.4) is 0 Å². The zero-order valence-electron chi connectivity index (χ0n) is 12.7. The van der Waals surface area contributed by atoms with Crippen molar-refractivity contribution in [3.8, 4) is 0 Å². The molecule has 2 aromatic rings. The predicted molar refractivity (Wildman–Crippen MR) is 103 cm³/mol. The Labute approximate surface area is 148 Å². The van der Waals surface area contributed by atoms with Gasteiger partial charge in [-0.1, -0.05) is 29.8 Å². The van der Waals surface area contributed by atoms with Crippen LogP contribution in [0.5, 0.6) is 0 Å². The van der Waals surface area contributed by atoms with Gasteiger partial charge < -0.3 is 10.2 Å². The van der Waals surface area contributed by atoms with Crippen molar-refractivity contribution in [1.29, 1.82) is 0 Å². The summed E-state index contributed by atoms with van der Waals surface area (Å²) in [5.74, 6) is 0.914. The SMILES string of the molecule is CN=C(NCc1ccsc1)N(C)Cc1ccc(C)cc1.I. The number of nitrogens with one attached hydrogen (secondary N) is 1. The van der Waals surface area contributed by atoms with E-state index in [1.165, 1.54) is 16.7 Å². The Morgan fingerprint density at radius 2 is 1.90 bits per heavy atom. The molecule has 0 amide bonds. The van der Waals surface area contributed by atoms with Crippen molar-refractivity contribution >= 4 is 41.3 Å². The van der Waals surface area contributed by atoms with Crippen LogP contribution in [0.15, 0.2) is 46.1 Å². The molecule has 0 saturated carbocycles. The Hall–Kier alpha value is -1.08. The molecule has 0 radical (unpaired) electrons. The third kappa shape index (κ3) is 5.67. The lowest BCUT2D eigenvalue weighted by Crippen LogP contribution is -2.37. The summed E-state index contributed by atoms with van der Waals surface area (Å²) in [7, 11) is 3.88. The van der Waals surface area contributed by atoms with Crippen molar-refractivity contribution in [2.45, 2.75) is 20.0 Å². The molecule has 0 atom stereocenters. The highest BCUT2D eigenvalue weighted by Crippen LogP contribution is 2.07. The van der Waals surface area contributed by atoms with Gasteiger partial charge in [0.15, 0.2) is 5.96 Å². The van der Waals surface area contributed by atoms with Crippen molar-refractivity contribution in [2.24, 2.45) is 4.99 Å². The zero-order valence-corrected chi connectivity index (χ0v) is 15.8. The number of halogens is 1. The highest BCUT2D eigenvalue weighted by atomic mass is 127. The summed E-state index contributed by atoms with van der Waals surface area (Å²) >= 11 is 1.72. The van der Waals surface area contributed by atoms with Crippen molar-refractivity contribution in [3.63, 3.8) is 0 Å². The molecule has 1 aromatic heterocycles. The van der Waals surface area contributed by atoms with Gasteiger partial charge in [-0.25, -0.2) is 0 Å². The Morgan fingerprint density at radius 1 is 1.19 bits per heavy atom. The minimum atomic E-state index is 0. The maximum Gasteiger partial charge on any atom is 0.193 e. The van der Waals surface area contributed by atoms with Crippen molar-refractivity contribution < 1.29 is 0 Å². The average molecular weight is 415 g/mol. The molecule has 21 heavy (non-hydrogen) atoms. The fraction of sp³-hybridized carbons (Fsp3) is 0.312. The summed E-state index contributed by atoms with van der Waals surface area (Å²) in [5, 5.41) is 7.63. The first-order valence-corrected chi connectivity index (χ1v) is 7.61. The van der Waals surface area contributed by atoms with E-state index >= 15 is 0 Å². The van der Waals surface area contributed by atoms with E-state index in [0.29, 0.717) is 0 Å². The number of hydrogen-bond acceptors (Lipinski definition) is 2. The maximum absolute atomic E-state index is 4.34. The topological polar surface area (TPSA) is 27.6 Å². The summed E-state index contributed by atoms with van der Waals surface area (Å²) in [4.78, 5) is 6.47. The molecule has 0 bridgehead atoms. The second kappa shape index (κ2) is 9.04. The number of hydrogen-bond donors (Lipinski definition) is 1. The van der Waals surface area contributed by atoms with Gasteiger partial charge in [-0.05, 0) is 34.9 Å². The molecule has 0 unspecified atom stereocenters. The summed E-state index contributed by atoms with van der Waals surface area (Å²) in [6.07, 6.45) is 0. The fourth-order valence-corrected chi connectivity index (χ4v) is 2.67. The van der Waals surface area contributed by atoms with Crippen LogP contribution in [0.4, 0.5) is 0 Å². The molecule has 0 aliphatic carbocycles. The summed E-state index contributed by atoms with van der Waals surface area (Å²) < 4.78 is 0. The number of rotatable bonds is 4. The van der Waals surface area contributed by atoms with E-state index in [9.17, 15) is 0 Å². The smallest absolute Gasteiger partial charge is 0.193 e. The molecule has 2 rings (SSSR count). The molecule has 0 saturated heterocycles. The van der Waals surface area contributed by atoms with Crippen LogP contribution in [0.2, 0.25) is 0 Å². The van der Waals surface area contributed by atoms with Gasteiger partial charge in [0.1, 0.15) is 0 Å². The second-order valence-electron chi connectivity index (χ2n) is 4.87. The number of thiophene rings is 1. The molecule has 114 valence electrons. The van der Waals surface area contributed by atoms with Crippen LogP contribution in [-0.4, -0.2) is 25.0 Å². The molecule has 1 N–H and O–H groups in total. The number of guanidine groups is 1. The van der Waals surface area contributed by atoms with Crippen LogP contribution in [0.25, 0.3) is 0 Å². The molecule has 1 aromatic carbocycles. The van der Waals surface area contributed by atoms with E-state index in [2.05, 4.69) is 70.3 Å². The van der Waals surface area contributed by atoms with Gasteiger partial charge >= 0.3 is 0 Å². The lowest BCUT2D eigenvalue weighted by atomic mass is 10.1. The van der Waals surface area contributed by atoms with E-state index in [1.807, 2.05) is 7.05 Å². The zero-order chi connectivity index (χ0) is 14.4. The van der Waals surface area contributed by atoms with Crippen LogP contribution in [0, 0.1) is 6.92 Å². The van der Waals surface area contributed by atoms with Gasteiger partial charge in [-0.2, -0.15) is 11.3 Å². The van der Waals surface area contributed by atoms with E-state index in [1.54, 1.807) is 11.3 Å². The molecule has 5 heteroatoms. The van der Waals surface area contributed by atoms with E-state index in [0.717, 1.165) is 19.0 Å². The molecule has 1 heterocycles. The van der Waals surface area contributed by atoms with Gasteiger partial charge in [-0.3, -0.25) is 4.99 Å². The van der Waals surface area contributed by atoms with Gasteiger partial charge in [0.05, 0.1) is 0 Å². The van der Waals surface area contributed by atoms with Crippen molar-refractivity contribution in [1.82, 2.24) is 10.2 Å². The Morgan fingerprint density at radius 3 is 2.48 bits per heavy atom. The monoisotopic (exact) mass is 415 g/mol. The minimum Gasteiger partial charge on any atom is -0.352 e. The second-order valence-corrected chi connectivity index (χ2v) is 5.65. The molecule has 0 fully saturated rings.